The van der Waals surface area contributed by atoms with E-state index in [1.807, 2.05) is 0 Å². The third kappa shape index (κ3) is 4.14. The quantitative estimate of drug-likeness (QED) is 0.873. The number of likely N-dealkylation sites (tertiary alicyclic amines) is 1. The van der Waals surface area contributed by atoms with Gasteiger partial charge in [0.1, 0.15) is 0 Å². The molecule has 1 saturated heterocycles. The van der Waals surface area contributed by atoms with Crippen molar-refractivity contribution in [1.29, 1.82) is 0 Å². The second kappa shape index (κ2) is 7.06. The number of alkyl halides is 3. The number of halogens is 3. The standard InChI is InChI=1S/C18H22F3NO3/c1-12(2)17(16(24)25)9-10-22(11-17)15(23)14-6-4-3-5-13(14)7-8-18(19,20)21/h3-6,12H,7-11H2,1-2H3,(H,24,25). The van der Waals surface area contributed by atoms with E-state index in [9.17, 15) is 27.9 Å². The predicted octanol–water partition coefficient (Wildman–Crippen LogP) is 3.75. The highest BCUT2D eigenvalue weighted by atomic mass is 19.4. The second-order valence-corrected chi connectivity index (χ2v) is 6.87. The summed E-state index contributed by atoms with van der Waals surface area (Å²) < 4.78 is 37.5. The van der Waals surface area contributed by atoms with Crippen molar-refractivity contribution in [2.75, 3.05) is 13.1 Å². The highest BCUT2D eigenvalue weighted by Crippen LogP contribution is 2.39. The molecule has 7 heteroatoms. The third-order valence-electron chi connectivity index (χ3n) is 5.04. The molecule has 1 amide bonds. The van der Waals surface area contributed by atoms with Gasteiger partial charge in [-0.3, -0.25) is 9.59 Å². The fourth-order valence-corrected chi connectivity index (χ4v) is 3.29. The molecule has 1 aliphatic heterocycles. The molecule has 1 heterocycles. The van der Waals surface area contributed by atoms with Gasteiger partial charge in [0.2, 0.25) is 0 Å². The summed E-state index contributed by atoms with van der Waals surface area (Å²) in [7, 11) is 0. The average Bonchev–Trinajstić information content (AvgIpc) is 2.98. The van der Waals surface area contributed by atoms with Crippen LogP contribution < -0.4 is 0 Å². The predicted molar refractivity (Wildman–Crippen MR) is 86.2 cm³/mol. The van der Waals surface area contributed by atoms with Crippen molar-refractivity contribution in [3.05, 3.63) is 35.4 Å². The first-order valence-corrected chi connectivity index (χ1v) is 8.24. The van der Waals surface area contributed by atoms with E-state index in [4.69, 9.17) is 0 Å². The lowest BCUT2D eigenvalue weighted by atomic mass is 9.76. The Morgan fingerprint density at radius 1 is 1.28 bits per heavy atom. The normalized spacial score (nSPS) is 21.0. The zero-order valence-corrected chi connectivity index (χ0v) is 14.3. The second-order valence-electron chi connectivity index (χ2n) is 6.87. The van der Waals surface area contributed by atoms with Crippen LogP contribution in [-0.4, -0.2) is 41.1 Å². The molecular formula is C18H22F3NO3. The number of hydrogen-bond donors (Lipinski definition) is 1. The first-order valence-electron chi connectivity index (χ1n) is 8.24. The van der Waals surface area contributed by atoms with Crippen LogP contribution >= 0.6 is 0 Å². The summed E-state index contributed by atoms with van der Waals surface area (Å²) in [5, 5.41) is 9.57. The molecule has 0 saturated carbocycles. The molecule has 4 nitrogen and oxygen atoms in total. The van der Waals surface area contributed by atoms with Gasteiger partial charge in [-0.2, -0.15) is 13.2 Å². The summed E-state index contributed by atoms with van der Waals surface area (Å²) in [4.78, 5) is 25.9. The van der Waals surface area contributed by atoms with Crippen LogP contribution in [0.2, 0.25) is 0 Å². The average molecular weight is 357 g/mol. The van der Waals surface area contributed by atoms with Crippen LogP contribution in [0.15, 0.2) is 24.3 Å². The summed E-state index contributed by atoms with van der Waals surface area (Å²) in [6, 6.07) is 6.22. The van der Waals surface area contributed by atoms with Gasteiger partial charge in [-0.25, -0.2) is 0 Å². The van der Waals surface area contributed by atoms with Crippen LogP contribution in [0.1, 0.15) is 42.6 Å². The number of amides is 1. The molecule has 0 bridgehead atoms. The number of benzene rings is 1. The van der Waals surface area contributed by atoms with Crippen LogP contribution in [0.4, 0.5) is 13.2 Å². The maximum Gasteiger partial charge on any atom is 0.389 e. The molecule has 138 valence electrons. The number of rotatable bonds is 5. The summed E-state index contributed by atoms with van der Waals surface area (Å²) in [5.74, 6) is -1.49. The van der Waals surface area contributed by atoms with Gasteiger partial charge in [0.15, 0.2) is 0 Å². The molecule has 1 N–H and O–H groups in total. The Morgan fingerprint density at radius 3 is 2.44 bits per heavy atom. The van der Waals surface area contributed by atoms with Gasteiger partial charge in [-0.05, 0) is 30.4 Å². The Bertz CT molecular complexity index is 657. The summed E-state index contributed by atoms with van der Waals surface area (Å²) in [6.07, 6.45) is -5.22. The van der Waals surface area contributed by atoms with E-state index in [-0.39, 0.29) is 31.0 Å². The Balaban J connectivity index is 2.21. The molecule has 1 aromatic carbocycles. The van der Waals surface area contributed by atoms with Crippen molar-refractivity contribution in [2.24, 2.45) is 11.3 Å². The molecule has 0 aliphatic carbocycles. The number of carbonyl (C=O) groups excluding carboxylic acids is 1. The van der Waals surface area contributed by atoms with Crippen molar-refractivity contribution in [3.63, 3.8) is 0 Å². The van der Waals surface area contributed by atoms with E-state index < -0.39 is 29.9 Å². The topological polar surface area (TPSA) is 57.6 Å². The van der Waals surface area contributed by atoms with Crippen LogP contribution in [0.3, 0.4) is 0 Å². The van der Waals surface area contributed by atoms with Gasteiger partial charge in [0.05, 0.1) is 5.41 Å². The molecule has 0 aromatic heterocycles. The molecule has 0 spiro atoms. The molecule has 1 aromatic rings. The minimum Gasteiger partial charge on any atom is -0.481 e. The summed E-state index contributed by atoms with van der Waals surface area (Å²) in [5.41, 5.74) is -0.449. The maximum atomic E-state index is 12.8. The van der Waals surface area contributed by atoms with E-state index >= 15 is 0 Å². The van der Waals surface area contributed by atoms with Crippen LogP contribution in [0.5, 0.6) is 0 Å². The van der Waals surface area contributed by atoms with Gasteiger partial charge >= 0.3 is 12.1 Å². The Hall–Kier alpha value is -2.05. The monoisotopic (exact) mass is 357 g/mol. The highest BCUT2D eigenvalue weighted by molar-refractivity contribution is 5.96. The van der Waals surface area contributed by atoms with Gasteiger partial charge in [-0.1, -0.05) is 32.0 Å². The highest BCUT2D eigenvalue weighted by Gasteiger charge is 2.48. The lowest BCUT2D eigenvalue weighted by molar-refractivity contribution is -0.150. The molecular weight excluding hydrogens is 335 g/mol. The zero-order chi connectivity index (χ0) is 18.8. The number of aliphatic carboxylic acids is 1. The SMILES string of the molecule is CC(C)C1(C(=O)O)CCN(C(=O)c2ccccc2CCC(F)(F)F)C1. The van der Waals surface area contributed by atoms with Crippen LogP contribution in [-0.2, 0) is 11.2 Å². The number of carboxylic acids is 1. The lowest BCUT2D eigenvalue weighted by Crippen LogP contribution is -2.40. The number of aryl methyl sites for hydroxylation is 1. The van der Waals surface area contributed by atoms with Crippen molar-refractivity contribution < 1.29 is 27.9 Å². The first-order chi connectivity index (χ1) is 11.6. The number of carboxylic acid groups (broad SMARTS) is 1. The molecule has 1 atom stereocenters. The van der Waals surface area contributed by atoms with Crippen molar-refractivity contribution in [3.8, 4) is 0 Å². The molecule has 1 fully saturated rings. The third-order valence-corrected chi connectivity index (χ3v) is 5.04. The number of hydrogen-bond acceptors (Lipinski definition) is 2. The van der Waals surface area contributed by atoms with Gasteiger partial charge in [0.25, 0.3) is 5.91 Å². The fraction of sp³-hybridized carbons (Fsp3) is 0.556. The van der Waals surface area contributed by atoms with Crippen LogP contribution in [0, 0.1) is 11.3 Å². The molecule has 2 rings (SSSR count). The lowest BCUT2D eigenvalue weighted by Gasteiger charge is -2.28. The van der Waals surface area contributed by atoms with Crippen molar-refractivity contribution >= 4 is 11.9 Å². The Labute approximate surface area is 144 Å². The van der Waals surface area contributed by atoms with Gasteiger partial charge in [0, 0.05) is 25.1 Å². The smallest absolute Gasteiger partial charge is 0.389 e. The molecule has 25 heavy (non-hydrogen) atoms. The fourth-order valence-electron chi connectivity index (χ4n) is 3.29. The van der Waals surface area contributed by atoms with Gasteiger partial charge < -0.3 is 10.0 Å². The molecule has 1 aliphatic rings. The maximum absolute atomic E-state index is 12.8. The number of nitrogens with zero attached hydrogens (tertiary/aromatic N) is 1. The van der Waals surface area contributed by atoms with E-state index in [0.717, 1.165) is 0 Å². The zero-order valence-electron chi connectivity index (χ0n) is 14.3. The Kier molecular flexibility index (Phi) is 5.44. The first kappa shape index (κ1) is 19.3. The van der Waals surface area contributed by atoms with E-state index in [0.29, 0.717) is 12.0 Å². The van der Waals surface area contributed by atoms with Crippen molar-refractivity contribution in [1.82, 2.24) is 4.90 Å². The molecule has 1 unspecified atom stereocenters. The Morgan fingerprint density at radius 2 is 1.92 bits per heavy atom. The minimum atomic E-state index is -4.29. The number of carbonyl (C=O) groups is 2. The van der Waals surface area contributed by atoms with Crippen molar-refractivity contribution in [2.45, 2.75) is 39.3 Å². The van der Waals surface area contributed by atoms with E-state index in [1.165, 1.54) is 17.0 Å². The van der Waals surface area contributed by atoms with Gasteiger partial charge in [-0.15, -0.1) is 0 Å². The van der Waals surface area contributed by atoms with E-state index in [2.05, 4.69) is 0 Å². The summed E-state index contributed by atoms with van der Waals surface area (Å²) in [6.45, 7) is 3.97. The summed E-state index contributed by atoms with van der Waals surface area (Å²) >= 11 is 0. The van der Waals surface area contributed by atoms with E-state index in [1.54, 1.807) is 26.0 Å². The largest absolute Gasteiger partial charge is 0.481 e. The van der Waals surface area contributed by atoms with Crippen LogP contribution in [0.25, 0.3) is 0 Å². The minimum absolute atomic E-state index is 0.0758. The molecule has 0 radical (unpaired) electrons.